The molecule has 0 aliphatic carbocycles. The Morgan fingerprint density at radius 1 is 1.23 bits per heavy atom. The van der Waals surface area contributed by atoms with Crippen LogP contribution in [0.5, 0.6) is 5.75 Å². The van der Waals surface area contributed by atoms with Crippen molar-refractivity contribution in [2.45, 2.75) is 13.3 Å². The van der Waals surface area contributed by atoms with Gasteiger partial charge in [0.1, 0.15) is 5.75 Å². The highest BCUT2D eigenvalue weighted by Gasteiger charge is 2.18. The molecule has 0 aliphatic heterocycles. The second kappa shape index (κ2) is 8.76. The molecule has 2 N–H and O–H groups in total. The van der Waals surface area contributed by atoms with Crippen LogP contribution in [0.4, 0.5) is 11.4 Å². The maximum Gasteiger partial charge on any atom is 0.259 e. The van der Waals surface area contributed by atoms with Crippen molar-refractivity contribution in [3.8, 4) is 11.4 Å². The lowest BCUT2D eigenvalue weighted by Crippen LogP contribution is -2.15. The first-order chi connectivity index (χ1) is 14.2. The number of nitrogens with one attached hydrogen (secondary N) is 2. The average molecular weight is 449 g/mol. The summed E-state index contributed by atoms with van der Waals surface area (Å²) in [5.41, 5.74) is 2.65. The summed E-state index contributed by atoms with van der Waals surface area (Å²) in [4.78, 5) is 12.9. The Kier molecular flexibility index (Phi) is 6.33. The van der Waals surface area contributed by atoms with Crippen LogP contribution >= 0.6 is 11.6 Å². The highest BCUT2D eigenvalue weighted by molar-refractivity contribution is 7.92. The van der Waals surface area contributed by atoms with E-state index in [0.717, 1.165) is 17.6 Å². The van der Waals surface area contributed by atoms with Gasteiger partial charge in [0.15, 0.2) is 0 Å². The van der Waals surface area contributed by atoms with E-state index in [-0.39, 0.29) is 17.3 Å². The van der Waals surface area contributed by atoms with Crippen molar-refractivity contribution in [2.24, 2.45) is 0 Å². The number of hydrogen-bond acceptors (Lipinski definition) is 5. The molecule has 158 valence electrons. The Morgan fingerprint density at radius 2 is 2.00 bits per heavy atom. The van der Waals surface area contributed by atoms with Gasteiger partial charge in [-0.1, -0.05) is 24.6 Å². The summed E-state index contributed by atoms with van der Waals surface area (Å²) >= 11 is 6.07. The first-order valence-electron chi connectivity index (χ1n) is 9.02. The Morgan fingerprint density at radius 3 is 2.63 bits per heavy atom. The second-order valence-electron chi connectivity index (χ2n) is 6.49. The fourth-order valence-corrected chi connectivity index (χ4v) is 3.74. The zero-order valence-electron chi connectivity index (χ0n) is 16.6. The van der Waals surface area contributed by atoms with E-state index in [1.54, 1.807) is 28.9 Å². The monoisotopic (exact) mass is 448 g/mol. The molecule has 1 heterocycles. The van der Waals surface area contributed by atoms with Crippen LogP contribution in [-0.4, -0.2) is 37.5 Å². The highest BCUT2D eigenvalue weighted by atomic mass is 35.5. The number of aromatic nitrogens is 2. The smallest absolute Gasteiger partial charge is 0.259 e. The lowest BCUT2D eigenvalue weighted by atomic mass is 10.1. The minimum atomic E-state index is -3.46. The van der Waals surface area contributed by atoms with Crippen LogP contribution in [0.3, 0.4) is 0 Å². The van der Waals surface area contributed by atoms with E-state index in [1.165, 1.54) is 19.4 Å². The summed E-state index contributed by atoms with van der Waals surface area (Å²) in [7, 11) is -2.05. The highest BCUT2D eigenvalue weighted by Crippen LogP contribution is 2.29. The maximum absolute atomic E-state index is 12.9. The largest absolute Gasteiger partial charge is 0.494 e. The summed E-state index contributed by atoms with van der Waals surface area (Å²) in [6.07, 6.45) is 3.13. The minimum Gasteiger partial charge on any atom is -0.494 e. The molecule has 30 heavy (non-hydrogen) atoms. The van der Waals surface area contributed by atoms with Crippen LogP contribution in [-0.2, 0) is 16.4 Å². The van der Waals surface area contributed by atoms with Crippen molar-refractivity contribution in [1.29, 1.82) is 0 Å². The number of rotatable bonds is 7. The summed E-state index contributed by atoms with van der Waals surface area (Å²) < 4.78 is 32.2. The van der Waals surface area contributed by atoms with E-state index in [0.29, 0.717) is 22.7 Å². The number of ether oxygens (including phenoxy) is 1. The third kappa shape index (κ3) is 4.92. The van der Waals surface area contributed by atoms with Gasteiger partial charge in [-0.2, -0.15) is 5.10 Å². The number of benzene rings is 2. The Bertz CT molecular complexity index is 1190. The van der Waals surface area contributed by atoms with Crippen molar-refractivity contribution < 1.29 is 17.9 Å². The predicted molar refractivity (Wildman–Crippen MR) is 117 cm³/mol. The number of methoxy groups -OCH3 is 1. The number of nitrogens with zero attached hydrogens (tertiary/aromatic N) is 2. The van der Waals surface area contributed by atoms with Gasteiger partial charge in [-0.3, -0.25) is 9.52 Å². The van der Waals surface area contributed by atoms with Gasteiger partial charge in [0, 0.05) is 16.8 Å². The first-order valence-corrected chi connectivity index (χ1v) is 11.3. The number of carbonyl (C=O) groups excluding carboxylic acids is 1. The summed E-state index contributed by atoms with van der Waals surface area (Å²) in [6.45, 7) is 1.93. The van der Waals surface area contributed by atoms with E-state index in [1.807, 2.05) is 19.1 Å². The SMILES string of the molecule is CCc1c(C(=O)Nc2ccc(NS(C)(=O)=O)c(OC)c2)cnn1-c1cccc(Cl)c1. The molecule has 0 radical (unpaired) electrons. The van der Waals surface area contributed by atoms with Crippen LogP contribution in [0, 0.1) is 0 Å². The van der Waals surface area contributed by atoms with Gasteiger partial charge >= 0.3 is 0 Å². The van der Waals surface area contributed by atoms with Gasteiger partial charge in [-0.25, -0.2) is 13.1 Å². The molecule has 1 amide bonds. The van der Waals surface area contributed by atoms with E-state index >= 15 is 0 Å². The summed E-state index contributed by atoms with van der Waals surface area (Å²) in [5, 5.41) is 7.72. The lowest BCUT2D eigenvalue weighted by Gasteiger charge is -2.12. The molecule has 0 unspecified atom stereocenters. The number of sulfonamides is 1. The van der Waals surface area contributed by atoms with Crippen LogP contribution in [0.25, 0.3) is 5.69 Å². The standard InChI is InChI=1S/C20H21ClN4O4S/c1-4-18-16(12-22-25(18)15-7-5-6-13(21)10-15)20(26)23-14-8-9-17(19(11-14)29-2)24-30(3,27)28/h5-12,24H,4H2,1-3H3,(H,23,26). The molecule has 1 aromatic heterocycles. The average Bonchev–Trinajstić information content (AvgIpc) is 3.12. The van der Waals surface area contributed by atoms with Crippen LogP contribution in [0.2, 0.25) is 5.02 Å². The van der Waals surface area contributed by atoms with Crippen LogP contribution in [0.1, 0.15) is 23.0 Å². The molecule has 3 rings (SSSR count). The Labute approximate surface area is 179 Å². The number of carbonyl (C=O) groups is 1. The fraction of sp³-hybridized carbons (Fsp3) is 0.200. The number of halogens is 1. The molecule has 8 nitrogen and oxygen atoms in total. The maximum atomic E-state index is 12.9. The molecule has 0 bridgehead atoms. The molecule has 3 aromatic rings. The molecule has 0 atom stereocenters. The molecule has 0 saturated carbocycles. The van der Waals surface area contributed by atoms with E-state index < -0.39 is 10.0 Å². The molecule has 10 heteroatoms. The van der Waals surface area contributed by atoms with Crippen LogP contribution in [0.15, 0.2) is 48.7 Å². The Balaban J connectivity index is 1.88. The number of amides is 1. The summed E-state index contributed by atoms with van der Waals surface area (Å²) in [5.74, 6) is -0.0606. The van der Waals surface area contributed by atoms with Gasteiger partial charge in [0.2, 0.25) is 10.0 Å². The molecular weight excluding hydrogens is 428 g/mol. The molecule has 2 aromatic carbocycles. The van der Waals surface area contributed by atoms with E-state index in [2.05, 4.69) is 15.1 Å². The molecule has 0 spiro atoms. The van der Waals surface area contributed by atoms with Crippen molar-refractivity contribution >= 4 is 38.9 Å². The summed E-state index contributed by atoms with van der Waals surface area (Å²) in [6, 6.07) is 11.9. The van der Waals surface area contributed by atoms with Gasteiger partial charge in [-0.15, -0.1) is 0 Å². The number of anilines is 2. The quantitative estimate of drug-likeness (QED) is 0.573. The van der Waals surface area contributed by atoms with Crippen LogP contribution < -0.4 is 14.8 Å². The first kappa shape index (κ1) is 21.7. The zero-order chi connectivity index (χ0) is 21.9. The zero-order valence-corrected chi connectivity index (χ0v) is 18.2. The normalized spacial score (nSPS) is 11.2. The third-order valence-corrected chi connectivity index (χ3v) is 5.08. The molecule has 0 saturated heterocycles. The van der Waals surface area contributed by atoms with Gasteiger partial charge in [-0.05, 0) is 36.8 Å². The third-order valence-electron chi connectivity index (χ3n) is 4.26. The fourth-order valence-electron chi connectivity index (χ4n) is 2.99. The second-order valence-corrected chi connectivity index (χ2v) is 8.68. The predicted octanol–water partition coefficient (Wildman–Crippen LogP) is 3.72. The van der Waals surface area contributed by atoms with E-state index in [9.17, 15) is 13.2 Å². The molecule has 0 aliphatic rings. The lowest BCUT2D eigenvalue weighted by molar-refractivity contribution is 0.102. The Hall–Kier alpha value is -3.04. The van der Waals surface area contributed by atoms with Crippen molar-refractivity contribution in [2.75, 3.05) is 23.4 Å². The number of hydrogen-bond donors (Lipinski definition) is 2. The topological polar surface area (TPSA) is 102 Å². The molecular formula is C20H21ClN4O4S. The minimum absolute atomic E-state index is 0.279. The van der Waals surface area contributed by atoms with Crippen molar-refractivity contribution in [1.82, 2.24) is 9.78 Å². The van der Waals surface area contributed by atoms with Crippen molar-refractivity contribution in [3.63, 3.8) is 0 Å². The molecule has 0 fully saturated rings. The van der Waals surface area contributed by atoms with Gasteiger partial charge in [0.25, 0.3) is 5.91 Å². The van der Waals surface area contributed by atoms with Gasteiger partial charge in [0.05, 0.1) is 42.2 Å². The van der Waals surface area contributed by atoms with E-state index in [4.69, 9.17) is 16.3 Å². The van der Waals surface area contributed by atoms with Crippen molar-refractivity contribution in [3.05, 3.63) is 64.9 Å². The van der Waals surface area contributed by atoms with Gasteiger partial charge < -0.3 is 10.1 Å².